The maximum absolute atomic E-state index is 3.73. The van der Waals surface area contributed by atoms with Crippen LogP contribution in [-0.2, 0) is 0 Å². The van der Waals surface area contributed by atoms with Gasteiger partial charge in [0.15, 0.2) is 0 Å². The van der Waals surface area contributed by atoms with Crippen molar-refractivity contribution in [1.82, 2.24) is 10.2 Å². The zero-order chi connectivity index (χ0) is 13.8. The summed E-state index contributed by atoms with van der Waals surface area (Å²) in [7, 11) is 0. The molecule has 2 rings (SSSR count). The third kappa shape index (κ3) is 3.95. The molecule has 1 saturated heterocycles. The smallest absolute Gasteiger partial charge is 0.0117 e. The van der Waals surface area contributed by atoms with Crippen LogP contribution in [0.25, 0.3) is 0 Å². The van der Waals surface area contributed by atoms with Gasteiger partial charge in [0.1, 0.15) is 0 Å². The van der Waals surface area contributed by atoms with Gasteiger partial charge in [-0.25, -0.2) is 0 Å². The topological polar surface area (TPSA) is 15.3 Å². The molecule has 1 saturated carbocycles. The summed E-state index contributed by atoms with van der Waals surface area (Å²) >= 11 is 0. The van der Waals surface area contributed by atoms with Crippen molar-refractivity contribution in [1.29, 1.82) is 0 Å². The van der Waals surface area contributed by atoms with Gasteiger partial charge in [0.25, 0.3) is 0 Å². The second-order valence-corrected chi connectivity index (χ2v) is 7.24. The van der Waals surface area contributed by atoms with Crippen molar-refractivity contribution in [2.75, 3.05) is 19.6 Å². The first-order valence-electron chi connectivity index (χ1n) is 8.59. The molecule has 0 bridgehead atoms. The fourth-order valence-corrected chi connectivity index (χ4v) is 3.99. The molecule has 2 heteroatoms. The highest BCUT2D eigenvalue weighted by molar-refractivity contribution is 4.89. The van der Waals surface area contributed by atoms with Gasteiger partial charge in [-0.05, 0) is 62.9 Å². The van der Waals surface area contributed by atoms with Crippen molar-refractivity contribution in [2.45, 2.75) is 71.9 Å². The molecule has 112 valence electrons. The van der Waals surface area contributed by atoms with Crippen LogP contribution in [0.15, 0.2) is 0 Å². The number of likely N-dealkylation sites (tertiary alicyclic amines) is 1. The van der Waals surface area contributed by atoms with Crippen LogP contribution in [0, 0.1) is 17.8 Å². The van der Waals surface area contributed by atoms with E-state index < -0.39 is 0 Å². The van der Waals surface area contributed by atoms with Crippen molar-refractivity contribution >= 4 is 0 Å². The minimum absolute atomic E-state index is 0.760. The van der Waals surface area contributed by atoms with Gasteiger partial charge >= 0.3 is 0 Å². The molecule has 0 aromatic heterocycles. The largest absolute Gasteiger partial charge is 0.314 e. The van der Waals surface area contributed by atoms with Crippen molar-refractivity contribution in [3.8, 4) is 0 Å². The fourth-order valence-electron chi connectivity index (χ4n) is 3.99. The van der Waals surface area contributed by atoms with Gasteiger partial charge in [-0.15, -0.1) is 0 Å². The number of piperidine rings is 1. The Balaban J connectivity index is 1.81. The molecule has 5 unspecified atom stereocenters. The van der Waals surface area contributed by atoms with Gasteiger partial charge in [-0.1, -0.05) is 27.7 Å². The van der Waals surface area contributed by atoms with Crippen LogP contribution in [-0.4, -0.2) is 36.6 Å². The number of nitrogens with zero attached hydrogens (tertiary/aromatic N) is 1. The third-order valence-electron chi connectivity index (χ3n) is 5.68. The molecule has 1 aliphatic carbocycles. The molecule has 1 heterocycles. The van der Waals surface area contributed by atoms with Crippen LogP contribution in [0.3, 0.4) is 0 Å². The second kappa shape index (κ2) is 7.08. The summed E-state index contributed by atoms with van der Waals surface area (Å²) in [6, 6.07) is 1.64. The van der Waals surface area contributed by atoms with E-state index >= 15 is 0 Å². The quantitative estimate of drug-likeness (QED) is 0.837. The lowest BCUT2D eigenvalue weighted by molar-refractivity contribution is 0.0592. The zero-order valence-corrected chi connectivity index (χ0v) is 13.5. The Labute approximate surface area is 120 Å². The summed E-state index contributed by atoms with van der Waals surface area (Å²) in [5.41, 5.74) is 0. The number of rotatable bonds is 4. The molecule has 0 aromatic rings. The minimum atomic E-state index is 0.760. The van der Waals surface area contributed by atoms with E-state index in [2.05, 4.69) is 37.9 Å². The highest BCUT2D eigenvalue weighted by atomic mass is 15.2. The van der Waals surface area contributed by atoms with E-state index in [4.69, 9.17) is 0 Å². The number of hydrogen-bond acceptors (Lipinski definition) is 2. The standard InChI is InChI=1S/C17H34N2/c1-5-9-18-17-8-10-19(12-15(17)4)16-7-6-13(2)14(3)11-16/h13-18H,5-12H2,1-4H3. The maximum atomic E-state index is 3.73. The molecular weight excluding hydrogens is 232 g/mol. The SMILES string of the molecule is CCCNC1CCN(C2CCC(C)C(C)C2)CC1C. The van der Waals surface area contributed by atoms with Gasteiger partial charge in [0.05, 0.1) is 0 Å². The Morgan fingerprint density at radius 3 is 2.42 bits per heavy atom. The van der Waals surface area contributed by atoms with E-state index in [0.29, 0.717) is 0 Å². The molecule has 1 aliphatic heterocycles. The first-order valence-corrected chi connectivity index (χ1v) is 8.59. The molecule has 0 amide bonds. The van der Waals surface area contributed by atoms with Gasteiger partial charge in [-0.3, -0.25) is 4.90 Å². The number of hydrogen-bond donors (Lipinski definition) is 1. The van der Waals surface area contributed by atoms with Crippen LogP contribution in [0.4, 0.5) is 0 Å². The van der Waals surface area contributed by atoms with Gasteiger partial charge < -0.3 is 5.32 Å². The van der Waals surface area contributed by atoms with Crippen molar-refractivity contribution in [3.63, 3.8) is 0 Å². The van der Waals surface area contributed by atoms with Gasteiger partial charge in [-0.2, -0.15) is 0 Å². The highest BCUT2D eigenvalue weighted by Crippen LogP contribution is 2.33. The monoisotopic (exact) mass is 266 g/mol. The molecule has 1 N–H and O–H groups in total. The van der Waals surface area contributed by atoms with Crippen LogP contribution in [0.1, 0.15) is 59.8 Å². The Morgan fingerprint density at radius 2 is 1.79 bits per heavy atom. The summed E-state index contributed by atoms with van der Waals surface area (Å²) in [4.78, 5) is 2.80. The summed E-state index contributed by atoms with van der Waals surface area (Å²) in [5, 5.41) is 3.73. The van der Waals surface area contributed by atoms with E-state index in [0.717, 1.165) is 29.8 Å². The molecule has 0 spiro atoms. The molecule has 0 radical (unpaired) electrons. The third-order valence-corrected chi connectivity index (χ3v) is 5.68. The van der Waals surface area contributed by atoms with Crippen LogP contribution >= 0.6 is 0 Å². The summed E-state index contributed by atoms with van der Waals surface area (Å²) < 4.78 is 0. The van der Waals surface area contributed by atoms with Crippen molar-refractivity contribution in [2.24, 2.45) is 17.8 Å². The Morgan fingerprint density at radius 1 is 1.00 bits per heavy atom. The lowest BCUT2D eigenvalue weighted by atomic mass is 9.77. The Hall–Kier alpha value is -0.0800. The van der Waals surface area contributed by atoms with E-state index in [1.165, 1.54) is 51.7 Å². The van der Waals surface area contributed by atoms with E-state index in [9.17, 15) is 0 Å². The molecule has 2 nitrogen and oxygen atoms in total. The maximum Gasteiger partial charge on any atom is 0.0117 e. The van der Waals surface area contributed by atoms with Crippen molar-refractivity contribution < 1.29 is 0 Å². The first-order chi connectivity index (χ1) is 9.11. The molecule has 5 atom stereocenters. The number of nitrogens with one attached hydrogen (secondary N) is 1. The minimum Gasteiger partial charge on any atom is -0.314 e. The molecule has 0 aromatic carbocycles. The molecule has 2 fully saturated rings. The van der Waals surface area contributed by atoms with Crippen molar-refractivity contribution in [3.05, 3.63) is 0 Å². The summed E-state index contributed by atoms with van der Waals surface area (Å²) in [6.45, 7) is 13.4. The fraction of sp³-hybridized carbons (Fsp3) is 1.00. The average Bonchev–Trinajstić information content (AvgIpc) is 2.40. The lowest BCUT2D eigenvalue weighted by Crippen LogP contribution is -2.52. The normalized spacial score (nSPS) is 41.4. The first kappa shape index (κ1) is 15.3. The lowest BCUT2D eigenvalue weighted by Gasteiger charge is -2.45. The molecule has 19 heavy (non-hydrogen) atoms. The zero-order valence-electron chi connectivity index (χ0n) is 13.5. The van der Waals surface area contributed by atoms with Crippen LogP contribution in [0.2, 0.25) is 0 Å². The average molecular weight is 266 g/mol. The van der Waals surface area contributed by atoms with E-state index in [1.807, 2.05) is 0 Å². The predicted octanol–water partition coefficient (Wildman–Crippen LogP) is 3.52. The van der Waals surface area contributed by atoms with Crippen LogP contribution < -0.4 is 5.32 Å². The second-order valence-electron chi connectivity index (χ2n) is 7.24. The van der Waals surface area contributed by atoms with E-state index in [1.54, 1.807) is 0 Å². The van der Waals surface area contributed by atoms with Crippen LogP contribution in [0.5, 0.6) is 0 Å². The van der Waals surface area contributed by atoms with Gasteiger partial charge in [0, 0.05) is 18.6 Å². The summed E-state index contributed by atoms with van der Waals surface area (Å²) in [6.07, 6.45) is 6.91. The molecule has 2 aliphatic rings. The predicted molar refractivity (Wildman–Crippen MR) is 83.4 cm³/mol. The van der Waals surface area contributed by atoms with E-state index in [-0.39, 0.29) is 0 Å². The Bertz CT molecular complexity index is 266. The summed E-state index contributed by atoms with van der Waals surface area (Å²) in [5.74, 6) is 2.68. The van der Waals surface area contributed by atoms with Gasteiger partial charge in [0.2, 0.25) is 0 Å². The highest BCUT2D eigenvalue weighted by Gasteiger charge is 2.33. The Kier molecular flexibility index (Phi) is 5.70. The molecular formula is C17H34N2.